The molecule has 0 aliphatic carbocycles. The number of unbranched alkanes of at least 4 members (excludes halogenated alkanes) is 1. The average molecular weight is 360 g/mol. The zero-order valence-electron chi connectivity index (χ0n) is 16.5. The summed E-state index contributed by atoms with van der Waals surface area (Å²) in [5.41, 5.74) is 2.01. The molecule has 0 bridgehead atoms. The molecule has 2 amide bonds. The van der Waals surface area contributed by atoms with Crippen molar-refractivity contribution >= 4 is 23.2 Å². The van der Waals surface area contributed by atoms with Gasteiger partial charge < -0.3 is 15.1 Å². The maximum atomic E-state index is 12.5. The molecule has 2 rings (SSSR count). The first-order chi connectivity index (χ1) is 12.6. The summed E-state index contributed by atoms with van der Waals surface area (Å²) in [6, 6.07) is 8.04. The molecule has 0 spiro atoms. The van der Waals surface area contributed by atoms with E-state index < -0.39 is 0 Å². The Labute approximate surface area is 157 Å². The van der Waals surface area contributed by atoms with Crippen molar-refractivity contribution in [3.63, 3.8) is 0 Å². The van der Waals surface area contributed by atoms with Crippen LogP contribution < -0.4 is 10.2 Å². The Morgan fingerprint density at radius 3 is 2.23 bits per heavy atom. The summed E-state index contributed by atoms with van der Waals surface area (Å²) in [6.45, 7) is 9.70. The smallest absolute Gasteiger partial charge is 0.227 e. The third-order valence-corrected chi connectivity index (χ3v) is 5.23. The number of piperidine rings is 1. The Bertz CT molecular complexity index is 573. The van der Waals surface area contributed by atoms with Crippen molar-refractivity contribution in [1.29, 1.82) is 0 Å². The first-order valence-electron chi connectivity index (χ1n) is 10.0. The second-order valence-electron chi connectivity index (χ2n) is 6.97. The largest absolute Gasteiger partial charge is 0.372 e. The van der Waals surface area contributed by atoms with Gasteiger partial charge in [-0.1, -0.05) is 13.3 Å². The highest BCUT2D eigenvalue weighted by atomic mass is 16.2. The maximum Gasteiger partial charge on any atom is 0.227 e. The van der Waals surface area contributed by atoms with E-state index in [1.165, 1.54) is 5.69 Å². The van der Waals surface area contributed by atoms with Gasteiger partial charge in [-0.3, -0.25) is 9.59 Å². The lowest BCUT2D eigenvalue weighted by atomic mass is 9.95. The summed E-state index contributed by atoms with van der Waals surface area (Å²) in [6.07, 6.45) is 4.12. The van der Waals surface area contributed by atoms with Crippen LogP contribution in [0.2, 0.25) is 0 Å². The Morgan fingerprint density at radius 1 is 1.08 bits per heavy atom. The number of likely N-dealkylation sites (tertiary alicyclic amines) is 1. The minimum atomic E-state index is -0.00677. The molecule has 1 aromatic carbocycles. The second-order valence-corrected chi connectivity index (χ2v) is 6.97. The minimum absolute atomic E-state index is 0.00677. The quantitative estimate of drug-likeness (QED) is 0.766. The van der Waals surface area contributed by atoms with E-state index in [2.05, 4.69) is 43.1 Å². The van der Waals surface area contributed by atoms with E-state index in [1.54, 1.807) is 0 Å². The number of anilines is 2. The number of hydrogen-bond donors (Lipinski definition) is 1. The number of amides is 2. The SMILES string of the molecule is CCCCC(=O)N1CCC(C(=O)Nc2ccc(N(CC)CC)cc2)CC1. The number of hydrogen-bond acceptors (Lipinski definition) is 3. The summed E-state index contributed by atoms with van der Waals surface area (Å²) < 4.78 is 0. The summed E-state index contributed by atoms with van der Waals surface area (Å²) in [7, 11) is 0. The molecule has 5 nitrogen and oxygen atoms in total. The monoisotopic (exact) mass is 359 g/mol. The zero-order chi connectivity index (χ0) is 18.9. The van der Waals surface area contributed by atoms with Crippen molar-refractivity contribution in [2.24, 2.45) is 5.92 Å². The van der Waals surface area contributed by atoms with Crippen molar-refractivity contribution in [3.8, 4) is 0 Å². The number of carbonyl (C=O) groups excluding carboxylic acids is 2. The Kier molecular flexibility index (Phi) is 7.95. The van der Waals surface area contributed by atoms with Crippen LogP contribution in [0.3, 0.4) is 0 Å². The highest BCUT2D eigenvalue weighted by Crippen LogP contribution is 2.22. The van der Waals surface area contributed by atoms with E-state index >= 15 is 0 Å². The van der Waals surface area contributed by atoms with Crippen LogP contribution in [0.1, 0.15) is 52.9 Å². The number of nitrogens with zero attached hydrogens (tertiary/aromatic N) is 2. The molecule has 1 heterocycles. The van der Waals surface area contributed by atoms with E-state index in [9.17, 15) is 9.59 Å². The van der Waals surface area contributed by atoms with E-state index in [1.807, 2.05) is 17.0 Å². The molecule has 0 saturated carbocycles. The van der Waals surface area contributed by atoms with Crippen LogP contribution >= 0.6 is 0 Å². The Balaban J connectivity index is 1.82. The predicted octanol–water partition coefficient (Wildman–Crippen LogP) is 3.90. The molecule has 1 aliphatic rings. The fourth-order valence-corrected chi connectivity index (χ4v) is 3.47. The van der Waals surface area contributed by atoms with Crippen LogP contribution in [0, 0.1) is 5.92 Å². The van der Waals surface area contributed by atoms with Crippen molar-refractivity contribution in [1.82, 2.24) is 4.90 Å². The summed E-state index contributed by atoms with van der Waals surface area (Å²) in [5.74, 6) is 0.298. The molecule has 26 heavy (non-hydrogen) atoms. The molecule has 1 aliphatic heterocycles. The van der Waals surface area contributed by atoms with Crippen molar-refractivity contribution in [2.45, 2.75) is 52.9 Å². The number of carbonyl (C=O) groups is 2. The molecule has 144 valence electrons. The lowest BCUT2D eigenvalue weighted by molar-refractivity contribution is -0.134. The lowest BCUT2D eigenvalue weighted by Gasteiger charge is -2.31. The molecular weight excluding hydrogens is 326 g/mol. The van der Waals surface area contributed by atoms with Gasteiger partial charge in [-0.05, 0) is 57.4 Å². The Morgan fingerprint density at radius 2 is 1.69 bits per heavy atom. The zero-order valence-corrected chi connectivity index (χ0v) is 16.5. The van der Waals surface area contributed by atoms with Crippen LogP contribution in [0.5, 0.6) is 0 Å². The molecule has 5 heteroatoms. The fraction of sp³-hybridized carbons (Fsp3) is 0.619. The Hall–Kier alpha value is -2.04. The molecule has 1 aromatic rings. The van der Waals surface area contributed by atoms with Gasteiger partial charge in [-0.2, -0.15) is 0 Å². The van der Waals surface area contributed by atoms with E-state index in [0.717, 1.165) is 44.5 Å². The standard InChI is InChI=1S/C21H33N3O2/c1-4-7-8-20(25)24-15-13-17(14-16-24)21(26)22-18-9-11-19(12-10-18)23(5-2)6-3/h9-12,17H,4-8,13-16H2,1-3H3,(H,22,26). The topological polar surface area (TPSA) is 52.7 Å². The van der Waals surface area contributed by atoms with Crippen LogP contribution in [0.15, 0.2) is 24.3 Å². The third kappa shape index (κ3) is 5.48. The highest BCUT2D eigenvalue weighted by molar-refractivity contribution is 5.93. The van der Waals surface area contributed by atoms with Gasteiger partial charge in [-0.25, -0.2) is 0 Å². The van der Waals surface area contributed by atoms with Crippen LogP contribution in [-0.2, 0) is 9.59 Å². The molecule has 1 N–H and O–H groups in total. The predicted molar refractivity (Wildman–Crippen MR) is 107 cm³/mol. The van der Waals surface area contributed by atoms with Gasteiger partial charge in [0.05, 0.1) is 0 Å². The maximum absolute atomic E-state index is 12.5. The van der Waals surface area contributed by atoms with E-state index in [0.29, 0.717) is 19.5 Å². The normalized spacial score (nSPS) is 15.0. The van der Waals surface area contributed by atoms with E-state index in [-0.39, 0.29) is 17.7 Å². The molecule has 1 fully saturated rings. The van der Waals surface area contributed by atoms with Gasteiger partial charge in [0.2, 0.25) is 11.8 Å². The first kappa shape index (κ1) is 20.3. The summed E-state index contributed by atoms with van der Waals surface area (Å²) >= 11 is 0. The highest BCUT2D eigenvalue weighted by Gasteiger charge is 2.27. The van der Waals surface area contributed by atoms with Gasteiger partial charge in [0.25, 0.3) is 0 Å². The van der Waals surface area contributed by atoms with Crippen molar-refractivity contribution < 1.29 is 9.59 Å². The van der Waals surface area contributed by atoms with Gasteiger partial charge in [0, 0.05) is 49.9 Å². The van der Waals surface area contributed by atoms with Gasteiger partial charge in [0.15, 0.2) is 0 Å². The molecule has 1 saturated heterocycles. The van der Waals surface area contributed by atoms with Gasteiger partial charge in [-0.15, -0.1) is 0 Å². The molecule has 0 aromatic heterocycles. The second kappa shape index (κ2) is 10.2. The number of benzene rings is 1. The molecular formula is C21H33N3O2. The summed E-state index contributed by atoms with van der Waals surface area (Å²) in [4.78, 5) is 28.8. The molecule has 0 atom stereocenters. The van der Waals surface area contributed by atoms with Gasteiger partial charge >= 0.3 is 0 Å². The number of rotatable bonds is 8. The van der Waals surface area contributed by atoms with Crippen LogP contribution in [-0.4, -0.2) is 42.9 Å². The van der Waals surface area contributed by atoms with Crippen LogP contribution in [0.25, 0.3) is 0 Å². The van der Waals surface area contributed by atoms with Gasteiger partial charge in [0.1, 0.15) is 0 Å². The average Bonchev–Trinajstić information content (AvgIpc) is 2.68. The lowest BCUT2D eigenvalue weighted by Crippen LogP contribution is -2.41. The fourth-order valence-electron chi connectivity index (χ4n) is 3.47. The molecule has 0 radical (unpaired) electrons. The minimum Gasteiger partial charge on any atom is -0.372 e. The van der Waals surface area contributed by atoms with E-state index in [4.69, 9.17) is 0 Å². The molecule has 0 unspecified atom stereocenters. The van der Waals surface area contributed by atoms with Crippen molar-refractivity contribution in [2.75, 3.05) is 36.4 Å². The van der Waals surface area contributed by atoms with Crippen molar-refractivity contribution in [3.05, 3.63) is 24.3 Å². The summed E-state index contributed by atoms with van der Waals surface area (Å²) in [5, 5.41) is 3.03. The number of nitrogens with one attached hydrogen (secondary N) is 1. The third-order valence-electron chi connectivity index (χ3n) is 5.23. The van der Waals surface area contributed by atoms with Crippen LogP contribution in [0.4, 0.5) is 11.4 Å². The first-order valence-corrected chi connectivity index (χ1v) is 10.0.